The van der Waals surface area contributed by atoms with Gasteiger partial charge in [0, 0.05) is 37.0 Å². The maximum atomic E-state index is 12.7. The summed E-state index contributed by atoms with van der Waals surface area (Å²) in [7, 11) is 1.63. The molecule has 2 amide bonds. The molecule has 0 saturated carbocycles. The third-order valence-corrected chi connectivity index (χ3v) is 4.86. The van der Waals surface area contributed by atoms with Crippen LogP contribution in [0.2, 0.25) is 0 Å². The van der Waals surface area contributed by atoms with Crippen molar-refractivity contribution < 1.29 is 9.59 Å². The molecule has 0 aromatic heterocycles. The molecule has 0 radical (unpaired) electrons. The summed E-state index contributed by atoms with van der Waals surface area (Å²) in [5.74, 6) is -0.406. The van der Waals surface area contributed by atoms with E-state index in [0.717, 1.165) is 41.2 Å². The Morgan fingerprint density at radius 3 is 2.29 bits per heavy atom. The number of hydrogen-bond donors (Lipinski definition) is 1. The highest BCUT2D eigenvalue weighted by Gasteiger charge is 2.17. The van der Waals surface area contributed by atoms with Gasteiger partial charge in [0.15, 0.2) is 0 Å². The summed E-state index contributed by atoms with van der Waals surface area (Å²) in [6.45, 7) is 6.76. The van der Waals surface area contributed by atoms with Crippen LogP contribution >= 0.6 is 0 Å². The topological polar surface area (TPSA) is 65.0 Å². The number of hydrogen-bond acceptors (Lipinski definition) is 4. The number of nitrogens with one attached hydrogen (secondary N) is 1. The molecule has 6 nitrogen and oxygen atoms in total. The van der Waals surface area contributed by atoms with Gasteiger partial charge in [0.05, 0.1) is 12.2 Å². The Labute approximate surface area is 165 Å². The van der Waals surface area contributed by atoms with E-state index in [0.29, 0.717) is 5.56 Å². The summed E-state index contributed by atoms with van der Waals surface area (Å²) in [4.78, 5) is 26.5. The molecule has 0 unspecified atom stereocenters. The van der Waals surface area contributed by atoms with Crippen molar-refractivity contribution in [3.63, 3.8) is 0 Å². The fourth-order valence-corrected chi connectivity index (χ4v) is 3.23. The molecule has 0 spiro atoms. The lowest BCUT2D eigenvalue weighted by Gasteiger charge is -2.19. The number of carbonyl (C=O) groups excluding carboxylic acids is 2. The van der Waals surface area contributed by atoms with Gasteiger partial charge >= 0.3 is 0 Å². The first-order chi connectivity index (χ1) is 13.3. The Bertz CT molecular complexity index is 898. The number of para-hydroxylation sites is 1. The number of nitrogens with zero attached hydrogens (tertiary/aromatic N) is 3. The van der Waals surface area contributed by atoms with Crippen LogP contribution < -0.4 is 10.3 Å². The second kappa shape index (κ2) is 8.25. The van der Waals surface area contributed by atoms with Gasteiger partial charge in [-0.15, -0.1) is 0 Å². The molecule has 2 aromatic rings. The summed E-state index contributed by atoms with van der Waals surface area (Å²) in [6, 6.07) is 13.2. The van der Waals surface area contributed by atoms with Gasteiger partial charge in [-0.3, -0.25) is 14.6 Å². The van der Waals surface area contributed by atoms with Crippen LogP contribution in [-0.4, -0.2) is 42.6 Å². The van der Waals surface area contributed by atoms with Crippen LogP contribution in [-0.2, 0) is 4.79 Å². The van der Waals surface area contributed by atoms with Crippen molar-refractivity contribution in [2.24, 2.45) is 5.10 Å². The van der Waals surface area contributed by atoms with E-state index in [9.17, 15) is 9.59 Å². The lowest BCUT2D eigenvalue weighted by molar-refractivity contribution is -0.116. The van der Waals surface area contributed by atoms with Gasteiger partial charge in [0.2, 0.25) is 5.91 Å². The van der Waals surface area contributed by atoms with E-state index in [-0.39, 0.29) is 18.4 Å². The van der Waals surface area contributed by atoms with E-state index in [4.69, 9.17) is 0 Å². The van der Waals surface area contributed by atoms with Crippen LogP contribution in [0.3, 0.4) is 0 Å². The van der Waals surface area contributed by atoms with Crippen molar-refractivity contribution in [1.82, 2.24) is 4.90 Å². The molecule has 146 valence electrons. The largest absolute Gasteiger partial charge is 0.332 e. The molecule has 0 fully saturated rings. The van der Waals surface area contributed by atoms with Crippen LogP contribution in [0.1, 0.15) is 34.8 Å². The van der Waals surface area contributed by atoms with Crippen molar-refractivity contribution in [2.75, 3.05) is 30.5 Å². The molecule has 3 rings (SSSR count). The zero-order valence-electron chi connectivity index (χ0n) is 16.8. The minimum absolute atomic E-state index is 0.00995. The second-order valence-corrected chi connectivity index (χ2v) is 7.23. The summed E-state index contributed by atoms with van der Waals surface area (Å²) in [5, 5.41) is 9.31. The molecular weight excluding hydrogens is 352 g/mol. The average Bonchev–Trinajstić information content (AvgIpc) is 3.10. The summed E-state index contributed by atoms with van der Waals surface area (Å²) in [6.07, 6.45) is 0.957. The summed E-state index contributed by atoms with van der Waals surface area (Å²) < 4.78 is 0. The molecule has 1 aliphatic rings. The number of hydrazone groups is 1. The summed E-state index contributed by atoms with van der Waals surface area (Å²) >= 11 is 0. The van der Waals surface area contributed by atoms with Crippen molar-refractivity contribution in [1.29, 1.82) is 0 Å². The number of rotatable bonds is 5. The van der Waals surface area contributed by atoms with E-state index < -0.39 is 0 Å². The van der Waals surface area contributed by atoms with Crippen molar-refractivity contribution >= 4 is 28.9 Å². The van der Waals surface area contributed by atoms with Crippen LogP contribution in [0.25, 0.3) is 0 Å². The maximum Gasteiger partial charge on any atom is 0.254 e. The molecule has 0 atom stereocenters. The molecule has 28 heavy (non-hydrogen) atoms. The molecule has 2 aromatic carbocycles. The number of carbonyl (C=O) groups is 2. The molecule has 6 heteroatoms. The van der Waals surface area contributed by atoms with E-state index in [1.807, 2.05) is 56.1 Å². The Morgan fingerprint density at radius 2 is 1.71 bits per heavy atom. The predicted octanol–water partition coefficient (Wildman–Crippen LogP) is 3.60. The molecule has 0 bridgehead atoms. The highest BCUT2D eigenvalue weighted by Crippen LogP contribution is 2.21. The average molecular weight is 378 g/mol. The third kappa shape index (κ3) is 4.39. The number of likely N-dealkylation sites (N-methyl/N-ethyl adjacent to an activating group) is 1. The molecule has 1 heterocycles. The van der Waals surface area contributed by atoms with Crippen LogP contribution in [0, 0.1) is 13.8 Å². The first-order valence-corrected chi connectivity index (χ1v) is 9.38. The van der Waals surface area contributed by atoms with Crippen molar-refractivity contribution in [3.8, 4) is 0 Å². The smallest absolute Gasteiger partial charge is 0.254 e. The molecular formula is C22H26N4O2. The minimum Gasteiger partial charge on any atom is -0.332 e. The first-order valence-electron chi connectivity index (χ1n) is 9.38. The first kappa shape index (κ1) is 19.6. The monoisotopic (exact) mass is 378 g/mol. The van der Waals surface area contributed by atoms with Crippen LogP contribution in [0.15, 0.2) is 47.6 Å². The van der Waals surface area contributed by atoms with Crippen LogP contribution in [0.5, 0.6) is 0 Å². The van der Waals surface area contributed by atoms with Gasteiger partial charge in [-0.05, 0) is 56.2 Å². The normalized spacial score (nSPS) is 13.3. The highest BCUT2D eigenvalue weighted by molar-refractivity contribution is 6.00. The lowest BCUT2D eigenvalue weighted by Crippen LogP contribution is -2.35. The Hall–Kier alpha value is -3.15. The fourth-order valence-electron chi connectivity index (χ4n) is 3.23. The SMILES string of the molecule is CC1=NN(c2ccc(C(=O)N(C)CC(=O)Nc3c(C)cccc3C)cc2)CC1. The fraction of sp³-hybridized carbons (Fsp3) is 0.318. The maximum absolute atomic E-state index is 12.7. The quantitative estimate of drug-likeness (QED) is 0.865. The standard InChI is InChI=1S/C22H26N4O2/c1-15-6-5-7-16(2)21(15)23-20(27)14-25(4)22(28)18-8-10-19(11-9-18)26-13-12-17(3)24-26/h5-11H,12-14H2,1-4H3,(H,23,27). The second-order valence-electron chi connectivity index (χ2n) is 7.23. The van der Waals surface area contributed by atoms with Crippen molar-refractivity contribution in [3.05, 3.63) is 59.2 Å². The van der Waals surface area contributed by atoms with E-state index in [1.54, 1.807) is 19.2 Å². The molecule has 0 saturated heterocycles. The number of anilines is 2. The van der Waals surface area contributed by atoms with Crippen LogP contribution in [0.4, 0.5) is 11.4 Å². The lowest BCUT2D eigenvalue weighted by atomic mass is 10.1. The molecule has 1 N–H and O–H groups in total. The zero-order chi connectivity index (χ0) is 20.3. The minimum atomic E-state index is -0.216. The van der Waals surface area contributed by atoms with Gasteiger partial charge in [0.25, 0.3) is 5.91 Å². The zero-order valence-corrected chi connectivity index (χ0v) is 16.8. The molecule has 0 aliphatic carbocycles. The Balaban J connectivity index is 1.61. The Kier molecular flexibility index (Phi) is 5.78. The van der Waals surface area contributed by atoms with E-state index in [2.05, 4.69) is 10.4 Å². The van der Waals surface area contributed by atoms with Gasteiger partial charge in [-0.25, -0.2) is 0 Å². The third-order valence-electron chi connectivity index (χ3n) is 4.86. The van der Waals surface area contributed by atoms with Crippen molar-refractivity contribution in [2.45, 2.75) is 27.2 Å². The van der Waals surface area contributed by atoms with Gasteiger partial charge in [0.1, 0.15) is 0 Å². The van der Waals surface area contributed by atoms with Gasteiger partial charge in [-0.1, -0.05) is 18.2 Å². The molecule has 1 aliphatic heterocycles. The Morgan fingerprint density at radius 1 is 1.07 bits per heavy atom. The number of benzene rings is 2. The van der Waals surface area contributed by atoms with E-state index in [1.165, 1.54) is 4.90 Å². The number of amides is 2. The van der Waals surface area contributed by atoms with Gasteiger partial charge in [-0.2, -0.15) is 5.10 Å². The van der Waals surface area contributed by atoms with E-state index >= 15 is 0 Å². The summed E-state index contributed by atoms with van der Waals surface area (Å²) in [5.41, 5.74) is 5.42. The predicted molar refractivity (Wildman–Crippen MR) is 113 cm³/mol. The number of aryl methyl sites for hydroxylation is 2. The van der Waals surface area contributed by atoms with Gasteiger partial charge < -0.3 is 10.2 Å². The highest BCUT2D eigenvalue weighted by atomic mass is 16.2.